The van der Waals surface area contributed by atoms with Gasteiger partial charge < -0.3 is 30.6 Å². The van der Waals surface area contributed by atoms with Crippen molar-refractivity contribution in [1.82, 2.24) is 14.9 Å². The van der Waals surface area contributed by atoms with Crippen molar-refractivity contribution in [3.05, 3.63) is 54.0 Å². The van der Waals surface area contributed by atoms with Crippen molar-refractivity contribution in [1.29, 1.82) is 0 Å². The predicted molar refractivity (Wildman–Crippen MR) is 126 cm³/mol. The molecule has 174 valence electrons. The second-order valence-electron chi connectivity index (χ2n) is 7.60. The highest BCUT2D eigenvalue weighted by Gasteiger charge is 2.25. The summed E-state index contributed by atoms with van der Waals surface area (Å²) in [6.07, 6.45) is 5.79. The minimum atomic E-state index is -1.35. The fourth-order valence-electron chi connectivity index (χ4n) is 3.51. The zero-order valence-corrected chi connectivity index (χ0v) is 18.7. The highest BCUT2D eigenvalue weighted by Crippen LogP contribution is 2.48. The molecule has 3 rings (SSSR count). The van der Waals surface area contributed by atoms with Crippen molar-refractivity contribution in [2.75, 3.05) is 18.9 Å². The van der Waals surface area contributed by atoms with Crippen LogP contribution in [-0.4, -0.2) is 48.9 Å². The molecule has 3 aromatic rings. The van der Waals surface area contributed by atoms with Crippen LogP contribution in [0.25, 0.3) is 22.3 Å². The number of phenols is 4. The predicted octanol–water partition coefficient (Wildman–Crippen LogP) is 4.77. The third-order valence-electron chi connectivity index (χ3n) is 5.31. The van der Waals surface area contributed by atoms with Crippen molar-refractivity contribution in [2.45, 2.75) is 26.7 Å². The van der Waals surface area contributed by atoms with Gasteiger partial charge in [-0.3, -0.25) is 0 Å². The molecule has 0 aliphatic carbocycles. The fraction of sp³-hybridized carbons (Fsp3) is 0.250. The molecule has 1 heterocycles. The second-order valence-corrected chi connectivity index (χ2v) is 7.60. The number of nitrogens with zero attached hydrogens (tertiary/aromatic N) is 3. The molecule has 0 fully saturated rings. The molecular formula is C24H27FN4O4. The normalized spacial score (nSPS) is 11.6. The Morgan fingerprint density at radius 2 is 1.85 bits per heavy atom. The first-order chi connectivity index (χ1) is 15.7. The van der Waals surface area contributed by atoms with Crippen LogP contribution in [-0.2, 0) is 0 Å². The molecule has 0 radical (unpaired) electrons. The first-order valence-corrected chi connectivity index (χ1v) is 10.5. The molecule has 0 amide bonds. The molecule has 0 bridgehead atoms. The van der Waals surface area contributed by atoms with E-state index < -0.39 is 34.4 Å². The smallest absolute Gasteiger partial charge is 0.227 e. The van der Waals surface area contributed by atoms with Gasteiger partial charge in [-0.2, -0.15) is 0 Å². The number of fused-ring (bicyclic) bond motifs is 1. The van der Waals surface area contributed by atoms with E-state index in [2.05, 4.69) is 33.7 Å². The maximum Gasteiger partial charge on any atom is 0.227 e. The molecule has 0 saturated heterocycles. The van der Waals surface area contributed by atoms with Crippen LogP contribution in [0.1, 0.15) is 37.8 Å². The lowest BCUT2D eigenvalue weighted by Gasteiger charge is -2.23. The largest absolute Gasteiger partial charge is 0.504 e. The van der Waals surface area contributed by atoms with Crippen molar-refractivity contribution < 1.29 is 24.8 Å². The van der Waals surface area contributed by atoms with E-state index in [0.29, 0.717) is 5.52 Å². The van der Waals surface area contributed by atoms with Crippen molar-refractivity contribution >= 4 is 28.2 Å². The molecule has 2 aromatic carbocycles. The van der Waals surface area contributed by atoms with Gasteiger partial charge in [-0.1, -0.05) is 38.1 Å². The number of aromatic hydroxyl groups is 4. The van der Waals surface area contributed by atoms with Crippen molar-refractivity contribution in [2.24, 2.45) is 0 Å². The molecule has 0 aliphatic rings. The number of nitrogens with one attached hydrogen (secondary N) is 1. The van der Waals surface area contributed by atoms with E-state index in [9.17, 15) is 24.8 Å². The molecule has 1 aromatic heterocycles. The Labute approximate surface area is 191 Å². The molecular weight excluding hydrogens is 427 g/mol. The van der Waals surface area contributed by atoms with Crippen molar-refractivity contribution in [3.8, 4) is 23.0 Å². The van der Waals surface area contributed by atoms with Gasteiger partial charge >= 0.3 is 0 Å². The van der Waals surface area contributed by atoms with E-state index in [0.717, 1.165) is 36.0 Å². The van der Waals surface area contributed by atoms with Crippen LogP contribution in [0.5, 0.6) is 23.0 Å². The number of rotatable bonds is 8. The minimum absolute atomic E-state index is 0.0665. The minimum Gasteiger partial charge on any atom is -0.504 e. The summed E-state index contributed by atoms with van der Waals surface area (Å²) >= 11 is 0. The summed E-state index contributed by atoms with van der Waals surface area (Å²) < 4.78 is 14.4. The Morgan fingerprint density at radius 3 is 2.52 bits per heavy atom. The summed E-state index contributed by atoms with van der Waals surface area (Å²) in [7, 11) is 2.04. The van der Waals surface area contributed by atoms with Crippen LogP contribution in [0.4, 0.5) is 10.3 Å². The molecule has 8 nitrogen and oxygen atoms in total. The average molecular weight is 455 g/mol. The fourth-order valence-corrected chi connectivity index (χ4v) is 3.51. The van der Waals surface area contributed by atoms with E-state index in [1.54, 1.807) is 6.20 Å². The van der Waals surface area contributed by atoms with Gasteiger partial charge in [-0.05, 0) is 25.0 Å². The molecule has 5 N–H and O–H groups in total. The van der Waals surface area contributed by atoms with Crippen LogP contribution in [0.3, 0.4) is 0 Å². The first-order valence-electron chi connectivity index (χ1n) is 10.5. The van der Waals surface area contributed by atoms with Gasteiger partial charge in [0.05, 0.1) is 11.1 Å². The number of allylic oxidation sites excluding steroid dienone is 1. The Kier molecular flexibility index (Phi) is 6.91. The Bertz CT molecular complexity index is 1210. The van der Waals surface area contributed by atoms with E-state index in [1.807, 2.05) is 38.2 Å². The van der Waals surface area contributed by atoms with Crippen LogP contribution >= 0.6 is 0 Å². The summed E-state index contributed by atoms with van der Waals surface area (Å²) in [5.41, 5.74) is 1.82. The van der Waals surface area contributed by atoms with Gasteiger partial charge in [0.15, 0.2) is 17.3 Å². The quantitative estimate of drug-likeness (QED) is 0.244. The van der Waals surface area contributed by atoms with E-state index in [1.165, 1.54) is 0 Å². The summed E-state index contributed by atoms with van der Waals surface area (Å²) in [5, 5.41) is 42.3. The van der Waals surface area contributed by atoms with Crippen LogP contribution < -0.4 is 5.32 Å². The van der Waals surface area contributed by atoms with Gasteiger partial charge in [0.1, 0.15) is 0 Å². The van der Waals surface area contributed by atoms with E-state index in [4.69, 9.17) is 0 Å². The summed E-state index contributed by atoms with van der Waals surface area (Å²) in [5.74, 6) is -5.70. The lowest BCUT2D eigenvalue weighted by atomic mass is 10.1. The second kappa shape index (κ2) is 9.64. The zero-order chi connectivity index (χ0) is 24.3. The first kappa shape index (κ1) is 23.6. The number of halogens is 1. The number of unbranched alkanes of at least 4 members (excludes halogenated alkanes) is 1. The molecule has 0 atom stereocenters. The number of hydrogen-bond acceptors (Lipinski definition) is 8. The number of anilines is 1. The zero-order valence-electron chi connectivity index (χ0n) is 18.7. The van der Waals surface area contributed by atoms with Gasteiger partial charge in [0.2, 0.25) is 17.4 Å². The van der Waals surface area contributed by atoms with Crippen LogP contribution in [0.2, 0.25) is 0 Å². The number of phenolic OH excluding ortho intramolecular Hbond substituents is 4. The maximum atomic E-state index is 14.4. The van der Waals surface area contributed by atoms with Gasteiger partial charge in [-0.15, -0.1) is 0 Å². The molecule has 0 spiro atoms. The molecule has 0 aliphatic heterocycles. The maximum absolute atomic E-state index is 14.4. The van der Waals surface area contributed by atoms with Crippen LogP contribution in [0, 0.1) is 5.82 Å². The highest BCUT2D eigenvalue weighted by molar-refractivity contribution is 5.85. The SMILES string of the molecule is C=C(Nc1ncc2ccc(/C(=C/C)N(C)CCCC)cc2n1)c1c(O)c(O)c(O)c(O)c1F. The monoisotopic (exact) mass is 454 g/mol. The van der Waals surface area contributed by atoms with Gasteiger partial charge in [0.25, 0.3) is 0 Å². The topological polar surface area (TPSA) is 122 Å². The van der Waals surface area contributed by atoms with E-state index >= 15 is 0 Å². The highest BCUT2D eigenvalue weighted by atomic mass is 19.1. The molecule has 0 saturated carbocycles. The third-order valence-corrected chi connectivity index (χ3v) is 5.31. The molecule has 0 unspecified atom stereocenters. The molecule has 9 heteroatoms. The van der Waals surface area contributed by atoms with E-state index in [-0.39, 0.29) is 11.6 Å². The lowest BCUT2D eigenvalue weighted by Crippen LogP contribution is -2.18. The number of aromatic nitrogens is 2. The van der Waals surface area contributed by atoms with Crippen molar-refractivity contribution in [3.63, 3.8) is 0 Å². The Hall–Kier alpha value is -4.01. The summed E-state index contributed by atoms with van der Waals surface area (Å²) in [4.78, 5) is 10.8. The number of hydrogen-bond donors (Lipinski definition) is 5. The average Bonchev–Trinajstić information content (AvgIpc) is 2.80. The third kappa shape index (κ3) is 4.62. The summed E-state index contributed by atoms with van der Waals surface area (Å²) in [6.45, 7) is 8.67. The summed E-state index contributed by atoms with van der Waals surface area (Å²) in [6, 6.07) is 5.81. The van der Waals surface area contributed by atoms with Crippen LogP contribution in [0.15, 0.2) is 37.1 Å². The lowest BCUT2D eigenvalue weighted by molar-refractivity contribution is 0.331. The molecule has 33 heavy (non-hydrogen) atoms. The Balaban J connectivity index is 1.94. The number of benzene rings is 2. The Morgan fingerprint density at radius 1 is 1.15 bits per heavy atom. The van der Waals surface area contributed by atoms with Gasteiger partial charge in [-0.25, -0.2) is 14.4 Å². The standard InChI is InChI=1S/C24H27FN4O4/c1-5-7-10-29(4)17(6-2)14-8-9-15-12-26-24(28-16(15)11-14)27-13(3)18-19(25)21(31)23(33)22(32)20(18)30/h6,8-9,11-12,30-33H,3,5,7,10H2,1-2,4H3,(H,26,27,28)/b17-6-. The van der Waals surface area contributed by atoms with Gasteiger partial charge in [0, 0.05) is 36.6 Å².